The fourth-order valence-corrected chi connectivity index (χ4v) is 2.54. The van der Waals surface area contributed by atoms with E-state index in [-0.39, 0.29) is 17.9 Å². The van der Waals surface area contributed by atoms with Crippen LogP contribution in [-0.2, 0) is 4.79 Å². The summed E-state index contributed by atoms with van der Waals surface area (Å²) in [5, 5.41) is 1.14. The first-order chi connectivity index (χ1) is 9.29. The van der Waals surface area contributed by atoms with Gasteiger partial charge >= 0.3 is 0 Å². The summed E-state index contributed by atoms with van der Waals surface area (Å²) in [6.07, 6.45) is 0.872. The second kappa shape index (κ2) is 7.30. The van der Waals surface area contributed by atoms with Gasteiger partial charge in [0.05, 0.1) is 12.1 Å². The third-order valence-corrected chi connectivity index (χ3v) is 4.45. The predicted octanol–water partition coefficient (Wildman–Crippen LogP) is 3.89. The lowest BCUT2D eigenvalue weighted by atomic mass is 9.97. The summed E-state index contributed by atoms with van der Waals surface area (Å²) in [5.74, 6) is 0.0794. The minimum atomic E-state index is -0.487. The standard InChI is InChI=1S/C15H22Cl2N2O/c1-5-9(2)14(18)15(20)19(4)10(3)12-7-6-11(16)8-13(12)17/h6-10,14H,5,18H2,1-4H3/t9?,10?,14-/m0/s1. The Morgan fingerprint density at radius 1 is 1.35 bits per heavy atom. The van der Waals surface area contributed by atoms with Crippen LogP contribution in [0.5, 0.6) is 0 Å². The average molecular weight is 317 g/mol. The summed E-state index contributed by atoms with van der Waals surface area (Å²) in [6.45, 7) is 5.93. The largest absolute Gasteiger partial charge is 0.338 e. The molecule has 0 aliphatic rings. The SMILES string of the molecule is CCC(C)[C@H](N)C(=O)N(C)C(C)c1ccc(Cl)cc1Cl. The number of benzene rings is 1. The normalized spacial score (nSPS) is 15.6. The van der Waals surface area contributed by atoms with Gasteiger partial charge in [0, 0.05) is 17.1 Å². The Bertz CT molecular complexity index is 479. The molecule has 0 aromatic heterocycles. The van der Waals surface area contributed by atoms with E-state index in [9.17, 15) is 4.79 Å². The van der Waals surface area contributed by atoms with Gasteiger partial charge in [-0.05, 0) is 30.5 Å². The Morgan fingerprint density at radius 3 is 2.45 bits per heavy atom. The molecule has 0 saturated heterocycles. The van der Waals surface area contributed by atoms with Crippen molar-refractivity contribution in [3.05, 3.63) is 33.8 Å². The highest BCUT2D eigenvalue weighted by molar-refractivity contribution is 6.35. The molecule has 3 atom stereocenters. The lowest BCUT2D eigenvalue weighted by Crippen LogP contribution is -2.46. The van der Waals surface area contributed by atoms with Crippen molar-refractivity contribution >= 4 is 29.1 Å². The van der Waals surface area contributed by atoms with Crippen LogP contribution in [0.3, 0.4) is 0 Å². The number of hydrogen-bond donors (Lipinski definition) is 1. The maximum absolute atomic E-state index is 12.4. The third-order valence-electron chi connectivity index (χ3n) is 3.88. The van der Waals surface area contributed by atoms with Gasteiger partial charge in [-0.3, -0.25) is 4.79 Å². The maximum atomic E-state index is 12.4. The van der Waals surface area contributed by atoms with Gasteiger partial charge in [-0.2, -0.15) is 0 Å². The highest BCUT2D eigenvalue weighted by Gasteiger charge is 2.27. The molecule has 0 radical (unpaired) electrons. The third kappa shape index (κ3) is 3.87. The molecular formula is C15H22Cl2N2O. The van der Waals surface area contributed by atoms with E-state index in [0.717, 1.165) is 12.0 Å². The second-order valence-corrected chi connectivity index (χ2v) is 6.05. The van der Waals surface area contributed by atoms with E-state index in [4.69, 9.17) is 28.9 Å². The average Bonchev–Trinajstić information content (AvgIpc) is 2.43. The molecule has 0 fully saturated rings. The van der Waals surface area contributed by atoms with Crippen LogP contribution in [0.1, 0.15) is 38.8 Å². The first kappa shape index (κ1) is 17.3. The van der Waals surface area contributed by atoms with E-state index >= 15 is 0 Å². The zero-order valence-electron chi connectivity index (χ0n) is 12.4. The molecule has 1 rings (SSSR count). The highest BCUT2D eigenvalue weighted by Crippen LogP contribution is 2.29. The number of nitrogens with two attached hydrogens (primary N) is 1. The van der Waals surface area contributed by atoms with Crippen LogP contribution < -0.4 is 5.73 Å². The molecule has 0 aliphatic carbocycles. The topological polar surface area (TPSA) is 46.3 Å². The van der Waals surface area contributed by atoms with Crippen molar-refractivity contribution in [1.29, 1.82) is 0 Å². The van der Waals surface area contributed by atoms with Gasteiger partial charge in [-0.1, -0.05) is 49.5 Å². The molecule has 20 heavy (non-hydrogen) atoms. The van der Waals surface area contributed by atoms with Crippen molar-refractivity contribution < 1.29 is 4.79 Å². The van der Waals surface area contributed by atoms with Crippen molar-refractivity contribution in [3.8, 4) is 0 Å². The number of nitrogens with zero attached hydrogens (tertiary/aromatic N) is 1. The Hall–Kier alpha value is -0.770. The van der Waals surface area contributed by atoms with Crippen molar-refractivity contribution in [2.24, 2.45) is 11.7 Å². The first-order valence-corrected chi connectivity index (χ1v) is 7.52. The Labute approximate surface area is 131 Å². The molecule has 2 N–H and O–H groups in total. The monoisotopic (exact) mass is 316 g/mol. The van der Waals surface area contributed by atoms with E-state index in [1.54, 1.807) is 24.1 Å². The van der Waals surface area contributed by atoms with Crippen LogP contribution in [0.25, 0.3) is 0 Å². The number of carbonyl (C=O) groups excluding carboxylic acids is 1. The van der Waals surface area contributed by atoms with Gasteiger partial charge in [-0.15, -0.1) is 0 Å². The van der Waals surface area contributed by atoms with E-state index in [1.807, 2.05) is 26.8 Å². The van der Waals surface area contributed by atoms with Gasteiger partial charge in [0.15, 0.2) is 0 Å². The summed E-state index contributed by atoms with van der Waals surface area (Å²) < 4.78 is 0. The van der Waals surface area contributed by atoms with Crippen molar-refractivity contribution in [3.63, 3.8) is 0 Å². The molecule has 0 saturated carbocycles. The van der Waals surface area contributed by atoms with Gasteiger partial charge in [0.25, 0.3) is 0 Å². The summed E-state index contributed by atoms with van der Waals surface area (Å²) in [7, 11) is 1.75. The fourth-order valence-electron chi connectivity index (χ4n) is 1.97. The zero-order chi connectivity index (χ0) is 15.4. The quantitative estimate of drug-likeness (QED) is 0.895. The van der Waals surface area contributed by atoms with Gasteiger partial charge < -0.3 is 10.6 Å². The Kier molecular flexibility index (Phi) is 6.31. The van der Waals surface area contributed by atoms with Crippen LogP contribution >= 0.6 is 23.2 Å². The van der Waals surface area contributed by atoms with Crippen molar-refractivity contribution in [2.45, 2.75) is 39.3 Å². The molecule has 0 heterocycles. The molecule has 0 spiro atoms. The highest BCUT2D eigenvalue weighted by atomic mass is 35.5. The lowest BCUT2D eigenvalue weighted by Gasteiger charge is -2.30. The molecule has 0 aliphatic heterocycles. The minimum absolute atomic E-state index is 0.0714. The summed E-state index contributed by atoms with van der Waals surface area (Å²) in [6, 6.07) is 4.66. The first-order valence-electron chi connectivity index (χ1n) is 6.76. The summed E-state index contributed by atoms with van der Waals surface area (Å²) in [5.41, 5.74) is 6.87. The molecule has 0 bridgehead atoms. The fraction of sp³-hybridized carbons (Fsp3) is 0.533. The lowest BCUT2D eigenvalue weighted by molar-refractivity contribution is -0.134. The predicted molar refractivity (Wildman–Crippen MR) is 85.1 cm³/mol. The minimum Gasteiger partial charge on any atom is -0.338 e. The molecule has 1 aromatic rings. The summed E-state index contributed by atoms with van der Waals surface area (Å²) in [4.78, 5) is 14.0. The van der Waals surface area contributed by atoms with E-state index in [1.165, 1.54) is 0 Å². The molecule has 1 amide bonds. The number of halogens is 2. The van der Waals surface area contributed by atoms with Gasteiger partial charge in [0.1, 0.15) is 0 Å². The van der Waals surface area contributed by atoms with Crippen LogP contribution in [-0.4, -0.2) is 23.9 Å². The van der Waals surface area contributed by atoms with E-state index < -0.39 is 6.04 Å². The second-order valence-electron chi connectivity index (χ2n) is 5.20. The van der Waals surface area contributed by atoms with E-state index in [2.05, 4.69) is 0 Å². The molecule has 3 nitrogen and oxygen atoms in total. The Morgan fingerprint density at radius 2 is 1.95 bits per heavy atom. The van der Waals surface area contributed by atoms with Gasteiger partial charge in [-0.25, -0.2) is 0 Å². The number of rotatable bonds is 5. The van der Waals surface area contributed by atoms with Crippen LogP contribution in [0.4, 0.5) is 0 Å². The smallest absolute Gasteiger partial charge is 0.240 e. The number of carbonyl (C=O) groups is 1. The van der Waals surface area contributed by atoms with Crippen molar-refractivity contribution in [2.75, 3.05) is 7.05 Å². The van der Waals surface area contributed by atoms with Crippen LogP contribution in [0, 0.1) is 5.92 Å². The molecule has 1 aromatic carbocycles. The number of amides is 1. The number of likely N-dealkylation sites (N-methyl/N-ethyl adjacent to an activating group) is 1. The summed E-state index contributed by atoms with van der Waals surface area (Å²) >= 11 is 12.1. The maximum Gasteiger partial charge on any atom is 0.240 e. The molecule has 2 unspecified atom stereocenters. The number of hydrogen-bond acceptors (Lipinski definition) is 2. The van der Waals surface area contributed by atoms with Crippen molar-refractivity contribution in [1.82, 2.24) is 4.90 Å². The van der Waals surface area contributed by atoms with Crippen LogP contribution in [0.15, 0.2) is 18.2 Å². The molecule has 5 heteroatoms. The Balaban J connectivity index is 2.90. The molecule has 112 valence electrons. The zero-order valence-corrected chi connectivity index (χ0v) is 13.9. The van der Waals surface area contributed by atoms with Crippen LogP contribution in [0.2, 0.25) is 10.0 Å². The van der Waals surface area contributed by atoms with Gasteiger partial charge in [0.2, 0.25) is 5.91 Å². The van der Waals surface area contributed by atoms with E-state index in [0.29, 0.717) is 10.0 Å². The molecular weight excluding hydrogens is 295 g/mol.